The average molecular weight is 458 g/mol. The molecule has 3 rings (SSSR count). The Morgan fingerprint density at radius 3 is 2.39 bits per heavy atom. The van der Waals surface area contributed by atoms with Gasteiger partial charge in [-0.2, -0.15) is 0 Å². The van der Waals surface area contributed by atoms with E-state index in [9.17, 15) is 18.4 Å². The summed E-state index contributed by atoms with van der Waals surface area (Å²) in [7, 11) is 0. The van der Waals surface area contributed by atoms with Gasteiger partial charge in [-0.15, -0.1) is 6.42 Å². The number of anilines is 3. The van der Waals surface area contributed by atoms with Gasteiger partial charge in [0.25, 0.3) is 5.56 Å². The SMILES string of the molecule is C#CCn1c(C(C)(C)F)c(N(N)c2cc(F)c(F)cc2N)c(=O)n(-c2cncc(C)c2)c1=O. The second kappa shape index (κ2) is 8.48. The number of nitrogens with two attached hydrogens (primary N) is 2. The summed E-state index contributed by atoms with van der Waals surface area (Å²) in [6, 6.07) is 2.84. The number of pyridine rings is 1. The van der Waals surface area contributed by atoms with E-state index in [-0.39, 0.29) is 17.1 Å². The second-order valence-corrected chi connectivity index (χ2v) is 7.80. The minimum Gasteiger partial charge on any atom is -0.397 e. The van der Waals surface area contributed by atoms with Gasteiger partial charge in [-0.3, -0.25) is 19.4 Å². The minimum absolute atomic E-state index is 0.0758. The lowest BCUT2D eigenvalue weighted by Crippen LogP contribution is -2.47. The Morgan fingerprint density at radius 1 is 1.18 bits per heavy atom. The highest BCUT2D eigenvalue weighted by molar-refractivity contribution is 5.75. The van der Waals surface area contributed by atoms with Crippen LogP contribution in [0.4, 0.5) is 30.2 Å². The van der Waals surface area contributed by atoms with Gasteiger partial charge < -0.3 is 5.73 Å². The predicted octanol–water partition coefficient (Wildman–Crippen LogP) is 2.41. The summed E-state index contributed by atoms with van der Waals surface area (Å²) >= 11 is 0. The molecule has 2 heterocycles. The first-order valence-electron chi connectivity index (χ1n) is 9.62. The van der Waals surface area contributed by atoms with Crippen molar-refractivity contribution in [3.63, 3.8) is 0 Å². The molecule has 172 valence electrons. The monoisotopic (exact) mass is 458 g/mol. The van der Waals surface area contributed by atoms with Crippen molar-refractivity contribution in [3.05, 3.63) is 74.3 Å². The molecule has 0 fully saturated rings. The van der Waals surface area contributed by atoms with Crippen molar-refractivity contribution < 1.29 is 13.2 Å². The molecule has 0 aliphatic carbocycles. The zero-order valence-corrected chi connectivity index (χ0v) is 18.1. The molecule has 0 bridgehead atoms. The van der Waals surface area contributed by atoms with Gasteiger partial charge in [0.2, 0.25) is 0 Å². The van der Waals surface area contributed by atoms with Gasteiger partial charge in [0.05, 0.1) is 35.5 Å². The third kappa shape index (κ3) is 4.20. The quantitative estimate of drug-likeness (QED) is 0.263. The van der Waals surface area contributed by atoms with Crippen LogP contribution in [0.15, 0.2) is 40.2 Å². The van der Waals surface area contributed by atoms with Gasteiger partial charge >= 0.3 is 5.69 Å². The van der Waals surface area contributed by atoms with E-state index in [1.54, 1.807) is 6.92 Å². The fraction of sp³-hybridized carbons (Fsp3) is 0.227. The number of aromatic nitrogens is 3. The van der Waals surface area contributed by atoms with Crippen LogP contribution in [0, 0.1) is 30.9 Å². The summed E-state index contributed by atoms with van der Waals surface area (Å²) in [5, 5.41) is 0.614. The van der Waals surface area contributed by atoms with Crippen molar-refractivity contribution >= 4 is 17.1 Å². The molecule has 0 radical (unpaired) electrons. The molecule has 0 atom stereocenters. The van der Waals surface area contributed by atoms with E-state index in [0.717, 1.165) is 23.0 Å². The van der Waals surface area contributed by atoms with Crippen LogP contribution in [0.2, 0.25) is 0 Å². The number of nitrogens with zero attached hydrogens (tertiary/aromatic N) is 4. The Balaban J connectivity index is 2.51. The minimum atomic E-state index is -2.31. The van der Waals surface area contributed by atoms with Crippen LogP contribution >= 0.6 is 0 Å². The van der Waals surface area contributed by atoms with Crippen molar-refractivity contribution in [2.75, 3.05) is 10.7 Å². The molecular weight excluding hydrogens is 437 g/mol. The van der Waals surface area contributed by atoms with Crippen LogP contribution in [0.5, 0.6) is 0 Å². The zero-order valence-electron chi connectivity index (χ0n) is 18.1. The molecule has 4 N–H and O–H groups in total. The lowest BCUT2D eigenvalue weighted by molar-refractivity contribution is 0.205. The molecule has 0 aliphatic heterocycles. The molecule has 3 aromatic rings. The van der Waals surface area contributed by atoms with E-state index in [1.807, 2.05) is 0 Å². The molecule has 0 saturated carbocycles. The number of rotatable bonds is 5. The maximum atomic E-state index is 15.4. The number of halogens is 3. The van der Waals surface area contributed by atoms with Crippen LogP contribution in [-0.2, 0) is 12.2 Å². The van der Waals surface area contributed by atoms with Crippen molar-refractivity contribution in [2.45, 2.75) is 33.0 Å². The third-order valence-corrected chi connectivity index (χ3v) is 4.82. The third-order valence-electron chi connectivity index (χ3n) is 4.82. The summed E-state index contributed by atoms with van der Waals surface area (Å²) in [6.45, 7) is 3.48. The molecule has 33 heavy (non-hydrogen) atoms. The molecule has 0 unspecified atom stereocenters. The van der Waals surface area contributed by atoms with Crippen molar-refractivity contribution in [2.24, 2.45) is 5.84 Å². The predicted molar refractivity (Wildman–Crippen MR) is 119 cm³/mol. The Kier molecular flexibility index (Phi) is 6.07. The first-order chi connectivity index (χ1) is 15.4. The normalized spacial score (nSPS) is 11.3. The summed E-state index contributed by atoms with van der Waals surface area (Å²) in [6.07, 6.45) is 8.16. The maximum Gasteiger partial charge on any atom is 0.336 e. The number of hydrogen-bond donors (Lipinski definition) is 2. The number of hydrogen-bond acceptors (Lipinski definition) is 6. The van der Waals surface area contributed by atoms with E-state index in [2.05, 4.69) is 10.9 Å². The second-order valence-electron chi connectivity index (χ2n) is 7.80. The topological polar surface area (TPSA) is 112 Å². The summed E-state index contributed by atoms with van der Waals surface area (Å²) in [5.74, 6) is 5.85. The first kappa shape index (κ1) is 23.6. The highest BCUT2D eigenvalue weighted by atomic mass is 19.2. The molecule has 0 amide bonds. The Bertz CT molecular complexity index is 1400. The largest absolute Gasteiger partial charge is 0.397 e. The Labute approximate surface area is 186 Å². The summed E-state index contributed by atoms with van der Waals surface area (Å²) in [4.78, 5) is 30.8. The maximum absolute atomic E-state index is 15.4. The van der Waals surface area contributed by atoms with E-state index in [4.69, 9.17) is 18.0 Å². The van der Waals surface area contributed by atoms with E-state index >= 15 is 4.39 Å². The Morgan fingerprint density at radius 2 is 1.82 bits per heavy atom. The summed E-state index contributed by atoms with van der Waals surface area (Å²) < 4.78 is 44.6. The van der Waals surface area contributed by atoms with Gasteiger partial charge in [0.1, 0.15) is 11.4 Å². The van der Waals surface area contributed by atoms with Crippen molar-refractivity contribution in [1.82, 2.24) is 14.1 Å². The number of terminal acetylenes is 1. The lowest BCUT2D eigenvalue weighted by atomic mass is 10.0. The van der Waals surface area contributed by atoms with Gasteiger partial charge in [-0.1, -0.05) is 5.92 Å². The van der Waals surface area contributed by atoms with E-state index in [1.165, 1.54) is 18.5 Å². The molecule has 0 saturated heterocycles. The zero-order chi connectivity index (χ0) is 24.7. The van der Waals surface area contributed by atoms with E-state index in [0.29, 0.717) is 22.7 Å². The number of benzene rings is 1. The highest BCUT2D eigenvalue weighted by Gasteiger charge is 2.34. The van der Waals surface area contributed by atoms with Gasteiger partial charge in [-0.05, 0) is 32.4 Å². The molecule has 11 heteroatoms. The lowest BCUT2D eigenvalue weighted by Gasteiger charge is -2.29. The van der Waals surface area contributed by atoms with Crippen LogP contribution in [0.3, 0.4) is 0 Å². The summed E-state index contributed by atoms with van der Waals surface area (Å²) in [5.41, 5.74) is 0.581. The number of aryl methyl sites for hydroxylation is 1. The van der Waals surface area contributed by atoms with Crippen molar-refractivity contribution in [3.8, 4) is 18.0 Å². The molecule has 2 aromatic heterocycles. The molecule has 1 aromatic carbocycles. The number of hydrazine groups is 1. The first-order valence-corrected chi connectivity index (χ1v) is 9.62. The van der Waals surface area contributed by atoms with Crippen LogP contribution in [0.25, 0.3) is 5.69 Å². The van der Waals surface area contributed by atoms with Crippen LogP contribution in [-0.4, -0.2) is 14.1 Å². The fourth-order valence-electron chi connectivity index (χ4n) is 3.47. The van der Waals surface area contributed by atoms with Gasteiger partial charge in [0.15, 0.2) is 11.6 Å². The van der Waals surface area contributed by atoms with Gasteiger partial charge in [-0.25, -0.2) is 28.4 Å². The molecule has 0 spiro atoms. The highest BCUT2D eigenvalue weighted by Crippen LogP contribution is 2.35. The number of nitrogen functional groups attached to an aromatic ring is 1. The number of alkyl halides is 1. The molecule has 8 nitrogen and oxygen atoms in total. The smallest absolute Gasteiger partial charge is 0.336 e. The van der Waals surface area contributed by atoms with Crippen LogP contribution in [0.1, 0.15) is 25.1 Å². The fourth-order valence-corrected chi connectivity index (χ4v) is 3.47. The van der Waals surface area contributed by atoms with Gasteiger partial charge in [0, 0.05) is 18.3 Å². The molecule has 0 aliphatic rings. The van der Waals surface area contributed by atoms with Crippen molar-refractivity contribution in [1.29, 1.82) is 0 Å². The van der Waals surface area contributed by atoms with Crippen LogP contribution < -0.4 is 27.8 Å². The standard InChI is InChI=1S/C22H21F3N6O2/c1-5-6-29-19(22(3,4)25)18(31(27)17-9-15(24)14(23)8-16(17)26)20(32)30(21(29)33)13-7-12(2)10-28-11-13/h1,7-11H,6,26-27H2,2-4H3. The van der Waals surface area contributed by atoms with E-state index < -0.39 is 46.5 Å². The Hall–Kier alpha value is -4.04. The molecular formula is C22H21F3N6O2. The average Bonchev–Trinajstić information content (AvgIpc) is 2.71.